The summed E-state index contributed by atoms with van der Waals surface area (Å²) in [5, 5.41) is 0. The van der Waals surface area contributed by atoms with E-state index in [1.165, 1.54) is 17.4 Å². The predicted octanol–water partition coefficient (Wildman–Crippen LogP) is 0.663. The number of benzene rings is 1. The van der Waals surface area contributed by atoms with E-state index in [0.29, 0.717) is 5.56 Å². The molecule has 1 saturated heterocycles. The van der Waals surface area contributed by atoms with Gasteiger partial charge in [-0.05, 0) is 6.07 Å². The first-order chi connectivity index (χ1) is 8.54. The van der Waals surface area contributed by atoms with E-state index in [4.69, 9.17) is 4.74 Å². The Balaban J connectivity index is 2.20. The van der Waals surface area contributed by atoms with Crippen molar-refractivity contribution in [3.8, 4) is 0 Å². The van der Waals surface area contributed by atoms with Gasteiger partial charge in [-0.3, -0.25) is 0 Å². The molecule has 100 valence electrons. The van der Waals surface area contributed by atoms with Crippen LogP contribution in [0, 0.1) is 5.82 Å². The first kappa shape index (κ1) is 13.4. The maximum atomic E-state index is 13.6. The molecule has 0 bridgehead atoms. The van der Waals surface area contributed by atoms with Crippen molar-refractivity contribution < 1.29 is 17.5 Å². The van der Waals surface area contributed by atoms with Crippen molar-refractivity contribution in [2.24, 2.45) is 0 Å². The molecule has 18 heavy (non-hydrogen) atoms. The van der Waals surface area contributed by atoms with Crippen LogP contribution in [-0.4, -0.2) is 39.5 Å². The molecule has 1 aliphatic rings. The molecule has 5 nitrogen and oxygen atoms in total. The minimum Gasteiger partial charge on any atom is -0.371 e. The van der Waals surface area contributed by atoms with E-state index in [-0.39, 0.29) is 25.5 Å². The van der Waals surface area contributed by atoms with Crippen LogP contribution in [0.3, 0.4) is 0 Å². The van der Waals surface area contributed by atoms with Crippen molar-refractivity contribution in [1.82, 2.24) is 9.03 Å². The van der Waals surface area contributed by atoms with E-state index >= 15 is 0 Å². The van der Waals surface area contributed by atoms with Gasteiger partial charge in [0.1, 0.15) is 5.82 Å². The van der Waals surface area contributed by atoms with Gasteiger partial charge in [-0.2, -0.15) is 12.7 Å². The summed E-state index contributed by atoms with van der Waals surface area (Å²) in [4.78, 5) is 0. The maximum Gasteiger partial charge on any atom is 0.279 e. The van der Waals surface area contributed by atoms with Crippen LogP contribution in [0.2, 0.25) is 0 Å². The summed E-state index contributed by atoms with van der Waals surface area (Å²) in [7, 11) is -2.14. The van der Waals surface area contributed by atoms with Crippen LogP contribution in [0.1, 0.15) is 11.7 Å². The Morgan fingerprint density at radius 3 is 2.83 bits per heavy atom. The number of halogens is 1. The number of morpholine rings is 1. The molecule has 1 aliphatic heterocycles. The molecule has 1 atom stereocenters. The van der Waals surface area contributed by atoms with Gasteiger partial charge in [0.05, 0.1) is 12.7 Å². The Morgan fingerprint density at radius 2 is 2.17 bits per heavy atom. The number of hydrogen-bond acceptors (Lipinski definition) is 3. The molecule has 1 fully saturated rings. The zero-order valence-electron chi connectivity index (χ0n) is 9.97. The van der Waals surface area contributed by atoms with Crippen LogP contribution >= 0.6 is 0 Å². The lowest BCUT2D eigenvalue weighted by Crippen LogP contribution is -2.46. The molecule has 0 spiro atoms. The highest BCUT2D eigenvalue weighted by Gasteiger charge is 2.30. The molecule has 1 aromatic rings. The quantitative estimate of drug-likeness (QED) is 0.881. The van der Waals surface area contributed by atoms with Crippen LogP contribution in [0.15, 0.2) is 24.3 Å². The summed E-state index contributed by atoms with van der Waals surface area (Å²) >= 11 is 0. The molecule has 7 heteroatoms. The Kier molecular flexibility index (Phi) is 3.96. The second-order valence-electron chi connectivity index (χ2n) is 3.95. The molecule has 1 aromatic carbocycles. The summed E-state index contributed by atoms with van der Waals surface area (Å²) in [6, 6.07) is 6.23. The molecule has 2 rings (SSSR count). The topological polar surface area (TPSA) is 58.6 Å². The summed E-state index contributed by atoms with van der Waals surface area (Å²) in [6.45, 7) is 0.637. The average molecular weight is 274 g/mol. The molecule has 1 N–H and O–H groups in total. The van der Waals surface area contributed by atoms with Crippen molar-refractivity contribution in [3.63, 3.8) is 0 Å². The van der Waals surface area contributed by atoms with Crippen LogP contribution in [-0.2, 0) is 14.9 Å². The number of nitrogens with one attached hydrogen (secondary N) is 1. The second kappa shape index (κ2) is 5.31. The molecular formula is C11H15FN2O3S. The van der Waals surface area contributed by atoms with Crippen molar-refractivity contribution in [3.05, 3.63) is 35.6 Å². The van der Waals surface area contributed by atoms with Gasteiger partial charge in [0.15, 0.2) is 0 Å². The van der Waals surface area contributed by atoms with Crippen molar-refractivity contribution >= 4 is 10.2 Å². The third-order valence-corrected chi connectivity index (χ3v) is 4.41. The van der Waals surface area contributed by atoms with Gasteiger partial charge >= 0.3 is 0 Å². The zero-order valence-corrected chi connectivity index (χ0v) is 10.8. The highest BCUT2D eigenvalue weighted by Crippen LogP contribution is 2.25. The van der Waals surface area contributed by atoms with Crippen LogP contribution in [0.25, 0.3) is 0 Å². The van der Waals surface area contributed by atoms with E-state index in [1.54, 1.807) is 18.2 Å². The third-order valence-electron chi connectivity index (χ3n) is 2.88. The van der Waals surface area contributed by atoms with Gasteiger partial charge < -0.3 is 4.74 Å². The minimum atomic E-state index is -3.49. The largest absolute Gasteiger partial charge is 0.371 e. The normalized spacial score (nSPS) is 22.0. The Morgan fingerprint density at radius 1 is 1.44 bits per heavy atom. The van der Waals surface area contributed by atoms with E-state index in [0.717, 1.165) is 0 Å². The lowest BCUT2D eigenvalue weighted by molar-refractivity contribution is -0.00471. The summed E-state index contributed by atoms with van der Waals surface area (Å²) in [5.74, 6) is -0.383. The second-order valence-corrected chi connectivity index (χ2v) is 5.82. The standard InChI is InChI=1S/C11H15FN2O3S/c1-13-18(15,16)14-6-7-17-11(8-14)9-4-2-3-5-10(9)12/h2-5,11,13H,6-8H2,1H3. The van der Waals surface area contributed by atoms with Crippen molar-refractivity contribution in [1.29, 1.82) is 0 Å². The predicted molar refractivity (Wildman–Crippen MR) is 64.6 cm³/mol. The molecule has 0 amide bonds. The fourth-order valence-electron chi connectivity index (χ4n) is 1.90. The molecule has 0 aliphatic carbocycles. The van der Waals surface area contributed by atoms with Crippen molar-refractivity contribution in [2.75, 3.05) is 26.7 Å². The summed E-state index contributed by atoms with van der Waals surface area (Å²) in [6.07, 6.45) is -0.567. The monoisotopic (exact) mass is 274 g/mol. The number of hydrogen-bond donors (Lipinski definition) is 1. The molecular weight excluding hydrogens is 259 g/mol. The fraction of sp³-hybridized carbons (Fsp3) is 0.455. The molecule has 0 radical (unpaired) electrons. The molecule has 0 aromatic heterocycles. The van der Waals surface area contributed by atoms with Crippen LogP contribution in [0.5, 0.6) is 0 Å². The molecule has 1 heterocycles. The van der Waals surface area contributed by atoms with Crippen LogP contribution in [0.4, 0.5) is 4.39 Å². The minimum absolute atomic E-state index is 0.115. The van der Waals surface area contributed by atoms with E-state index in [1.807, 2.05) is 0 Å². The van der Waals surface area contributed by atoms with Gasteiger partial charge in [-0.15, -0.1) is 0 Å². The maximum absolute atomic E-state index is 13.6. The molecule has 0 saturated carbocycles. The lowest BCUT2D eigenvalue weighted by atomic mass is 10.1. The number of ether oxygens (including phenoxy) is 1. The number of nitrogens with zero attached hydrogens (tertiary/aromatic N) is 1. The SMILES string of the molecule is CNS(=O)(=O)N1CCOC(c2ccccc2F)C1. The fourth-order valence-corrected chi connectivity index (χ4v) is 2.80. The highest BCUT2D eigenvalue weighted by atomic mass is 32.2. The van der Waals surface area contributed by atoms with E-state index in [9.17, 15) is 12.8 Å². The third kappa shape index (κ3) is 2.69. The van der Waals surface area contributed by atoms with Gasteiger partial charge in [0.2, 0.25) is 0 Å². The van der Waals surface area contributed by atoms with Gasteiger partial charge in [0, 0.05) is 25.7 Å². The molecule has 1 unspecified atom stereocenters. The van der Waals surface area contributed by atoms with Crippen LogP contribution < -0.4 is 4.72 Å². The van der Waals surface area contributed by atoms with E-state index in [2.05, 4.69) is 4.72 Å². The first-order valence-corrected chi connectivity index (χ1v) is 7.03. The average Bonchev–Trinajstić information content (AvgIpc) is 2.39. The Bertz CT molecular complexity index is 521. The first-order valence-electron chi connectivity index (χ1n) is 5.59. The summed E-state index contributed by atoms with van der Waals surface area (Å²) < 4.78 is 45.9. The number of rotatable bonds is 3. The van der Waals surface area contributed by atoms with Gasteiger partial charge in [0.25, 0.3) is 10.2 Å². The van der Waals surface area contributed by atoms with E-state index < -0.39 is 16.3 Å². The van der Waals surface area contributed by atoms with Crippen molar-refractivity contribution in [2.45, 2.75) is 6.10 Å². The summed E-state index contributed by atoms with van der Waals surface area (Å²) in [5.41, 5.74) is 0.383. The lowest BCUT2D eigenvalue weighted by Gasteiger charge is -2.32. The zero-order chi connectivity index (χ0) is 13.2. The Labute approximate surface area is 106 Å². The highest BCUT2D eigenvalue weighted by molar-refractivity contribution is 7.87. The van der Waals surface area contributed by atoms with Gasteiger partial charge in [-0.25, -0.2) is 9.11 Å². The van der Waals surface area contributed by atoms with Gasteiger partial charge in [-0.1, -0.05) is 18.2 Å². The Hall–Kier alpha value is -1.02. The smallest absolute Gasteiger partial charge is 0.279 e.